The normalized spacial score (nSPS) is 17.3. The molecule has 1 amide bonds. The van der Waals surface area contributed by atoms with Gasteiger partial charge in [0.25, 0.3) is 5.91 Å². The summed E-state index contributed by atoms with van der Waals surface area (Å²) in [6, 6.07) is 8.24. The lowest BCUT2D eigenvalue weighted by atomic mass is 10.2. The van der Waals surface area contributed by atoms with Gasteiger partial charge in [0.1, 0.15) is 11.3 Å². The first-order valence-electron chi connectivity index (χ1n) is 6.82. The van der Waals surface area contributed by atoms with Gasteiger partial charge in [-0.1, -0.05) is 0 Å². The third-order valence-electron chi connectivity index (χ3n) is 3.53. The zero-order valence-corrected chi connectivity index (χ0v) is 12.7. The number of nitrogens with zero attached hydrogens (tertiary/aromatic N) is 1. The van der Waals surface area contributed by atoms with Gasteiger partial charge < -0.3 is 19.8 Å². The van der Waals surface area contributed by atoms with Crippen LogP contribution in [0.3, 0.4) is 0 Å². The molecule has 0 aliphatic carbocycles. The van der Waals surface area contributed by atoms with Gasteiger partial charge in [-0.15, -0.1) is 12.4 Å². The molecule has 1 aromatic carbocycles. The molecular formula is C15H17ClN2O4. The average molecular weight is 325 g/mol. The van der Waals surface area contributed by atoms with E-state index in [-0.39, 0.29) is 31.0 Å². The lowest BCUT2D eigenvalue weighted by Crippen LogP contribution is -2.35. The van der Waals surface area contributed by atoms with E-state index in [9.17, 15) is 9.59 Å². The first-order valence-corrected chi connectivity index (χ1v) is 6.82. The summed E-state index contributed by atoms with van der Waals surface area (Å²) in [6.07, 6.45) is 0.826. The molecule has 1 saturated heterocycles. The minimum atomic E-state index is -0.415. The van der Waals surface area contributed by atoms with Gasteiger partial charge in [-0.3, -0.25) is 4.79 Å². The average Bonchev–Trinajstić information content (AvgIpc) is 2.91. The van der Waals surface area contributed by atoms with Crippen LogP contribution in [0.5, 0.6) is 5.75 Å². The Morgan fingerprint density at radius 2 is 2.14 bits per heavy atom. The molecule has 2 N–H and O–H groups in total. The van der Waals surface area contributed by atoms with Crippen molar-refractivity contribution in [2.75, 3.05) is 19.7 Å². The number of fused-ring (bicyclic) bond motifs is 1. The molecule has 0 spiro atoms. The lowest BCUT2D eigenvalue weighted by Gasteiger charge is -2.16. The number of hydrogen-bond acceptors (Lipinski definition) is 5. The molecule has 118 valence electrons. The van der Waals surface area contributed by atoms with Crippen LogP contribution in [0.15, 0.2) is 39.5 Å². The highest BCUT2D eigenvalue weighted by Gasteiger charge is 2.23. The number of rotatable bonds is 3. The number of likely N-dealkylation sites (tertiary alicyclic amines) is 1. The van der Waals surface area contributed by atoms with Crippen molar-refractivity contribution < 1.29 is 13.9 Å². The molecule has 2 heterocycles. The van der Waals surface area contributed by atoms with Crippen LogP contribution in [0.1, 0.15) is 6.42 Å². The molecule has 0 unspecified atom stereocenters. The summed E-state index contributed by atoms with van der Waals surface area (Å²) in [4.78, 5) is 24.8. The predicted octanol–water partition coefficient (Wildman–Crippen LogP) is 1.15. The molecule has 0 bridgehead atoms. The summed E-state index contributed by atoms with van der Waals surface area (Å²) in [7, 11) is 0. The standard InChI is InChI=1S/C15H16N2O4.ClH/c16-11-5-6-17(8-11)14(18)9-20-12-3-1-10-2-4-15(19)21-13(10)7-12;/h1-4,7,11H,5-6,8-9,16H2;1H/t11-;/m1./s1. The molecule has 3 rings (SSSR count). The number of benzene rings is 1. The van der Waals surface area contributed by atoms with Gasteiger partial charge in [-0.25, -0.2) is 4.79 Å². The van der Waals surface area contributed by atoms with Crippen LogP contribution in [0.25, 0.3) is 11.0 Å². The molecule has 2 aromatic rings. The summed E-state index contributed by atoms with van der Waals surface area (Å²) in [5, 5.41) is 0.804. The van der Waals surface area contributed by atoms with Gasteiger partial charge in [0.2, 0.25) is 0 Å². The van der Waals surface area contributed by atoms with E-state index in [1.54, 1.807) is 29.2 Å². The molecule has 1 fully saturated rings. The van der Waals surface area contributed by atoms with Gasteiger partial charge in [-0.2, -0.15) is 0 Å². The minimum absolute atomic E-state index is 0. The SMILES string of the molecule is Cl.N[C@@H]1CCN(C(=O)COc2ccc3ccc(=O)oc3c2)C1. The zero-order valence-electron chi connectivity index (χ0n) is 11.9. The number of nitrogens with two attached hydrogens (primary N) is 1. The van der Waals surface area contributed by atoms with Gasteiger partial charge in [0, 0.05) is 36.7 Å². The highest BCUT2D eigenvalue weighted by molar-refractivity contribution is 5.85. The number of halogens is 1. The second-order valence-corrected chi connectivity index (χ2v) is 5.13. The molecule has 1 aliphatic rings. The summed E-state index contributed by atoms with van der Waals surface area (Å²) in [5.41, 5.74) is 5.80. The molecule has 0 saturated carbocycles. The molecule has 1 atom stereocenters. The zero-order chi connectivity index (χ0) is 14.8. The highest BCUT2D eigenvalue weighted by atomic mass is 35.5. The van der Waals surface area contributed by atoms with E-state index in [0.29, 0.717) is 24.4 Å². The number of hydrogen-bond donors (Lipinski definition) is 1. The van der Waals surface area contributed by atoms with E-state index in [2.05, 4.69) is 0 Å². The molecule has 22 heavy (non-hydrogen) atoms. The van der Waals surface area contributed by atoms with Crippen LogP contribution >= 0.6 is 12.4 Å². The van der Waals surface area contributed by atoms with E-state index < -0.39 is 5.63 Å². The third kappa shape index (κ3) is 3.58. The Kier molecular flexibility index (Phi) is 5.05. The summed E-state index contributed by atoms with van der Waals surface area (Å²) >= 11 is 0. The van der Waals surface area contributed by atoms with Crippen molar-refractivity contribution in [2.24, 2.45) is 5.73 Å². The maximum absolute atomic E-state index is 12.0. The fourth-order valence-electron chi connectivity index (χ4n) is 2.38. The lowest BCUT2D eigenvalue weighted by molar-refractivity contribution is -0.132. The smallest absolute Gasteiger partial charge is 0.336 e. The maximum atomic E-state index is 12.0. The highest BCUT2D eigenvalue weighted by Crippen LogP contribution is 2.19. The quantitative estimate of drug-likeness (QED) is 0.856. The fourth-order valence-corrected chi connectivity index (χ4v) is 2.38. The molecule has 7 heteroatoms. The Bertz CT molecular complexity index is 731. The largest absolute Gasteiger partial charge is 0.484 e. The van der Waals surface area contributed by atoms with Crippen molar-refractivity contribution in [1.29, 1.82) is 0 Å². The number of ether oxygens (including phenoxy) is 1. The Morgan fingerprint density at radius 1 is 1.36 bits per heavy atom. The van der Waals surface area contributed by atoms with Crippen LogP contribution in [0.4, 0.5) is 0 Å². The molecule has 1 aliphatic heterocycles. The van der Waals surface area contributed by atoms with Crippen molar-refractivity contribution in [3.05, 3.63) is 40.8 Å². The first-order chi connectivity index (χ1) is 10.1. The van der Waals surface area contributed by atoms with Crippen LogP contribution in [0, 0.1) is 0 Å². The van der Waals surface area contributed by atoms with Gasteiger partial charge in [0.15, 0.2) is 6.61 Å². The number of amides is 1. The van der Waals surface area contributed by atoms with E-state index in [4.69, 9.17) is 14.9 Å². The van der Waals surface area contributed by atoms with Crippen molar-refractivity contribution in [2.45, 2.75) is 12.5 Å². The fraction of sp³-hybridized carbons (Fsp3) is 0.333. The Morgan fingerprint density at radius 3 is 2.86 bits per heavy atom. The maximum Gasteiger partial charge on any atom is 0.336 e. The molecular weight excluding hydrogens is 308 g/mol. The van der Waals surface area contributed by atoms with Gasteiger partial charge in [0.05, 0.1) is 0 Å². The second kappa shape index (κ2) is 6.81. The molecule has 6 nitrogen and oxygen atoms in total. The predicted molar refractivity (Wildman–Crippen MR) is 84.4 cm³/mol. The number of carbonyl (C=O) groups is 1. The van der Waals surface area contributed by atoms with E-state index in [1.807, 2.05) is 0 Å². The molecule has 0 radical (unpaired) electrons. The second-order valence-electron chi connectivity index (χ2n) is 5.13. The van der Waals surface area contributed by atoms with Crippen molar-refractivity contribution in [3.8, 4) is 5.75 Å². The van der Waals surface area contributed by atoms with Crippen LogP contribution in [-0.4, -0.2) is 36.5 Å². The van der Waals surface area contributed by atoms with Crippen LogP contribution < -0.4 is 16.1 Å². The van der Waals surface area contributed by atoms with Gasteiger partial charge >= 0.3 is 5.63 Å². The number of carbonyl (C=O) groups excluding carboxylic acids is 1. The van der Waals surface area contributed by atoms with E-state index in [0.717, 1.165) is 11.8 Å². The first kappa shape index (κ1) is 16.3. The Balaban J connectivity index is 0.00000176. The Hall–Kier alpha value is -2.05. The molecule has 1 aromatic heterocycles. The summed E-state index contributed by atoms with van der Waals surface area (Å²) < 4.78 is 10.5. The van der Waals surface area contributed by atoms with Crippen molar-refractivity contribution in [3.63, 3.8) is 0 Å². The summed E-state index contributed by atoms with van der Waals surface area (Å²) in [5.74, 6) is 0.409. The van der Waals surface area contributed by atoms with Crippen LogP contribution in [0.2, 0.25) is 0 Å². The van der Waals surface area contributed by atoms with Crippen molar-refractivity contribution >= 4 is 29.3 Å². The van der Waals surface area contributed by atoms with Gasteiger partial charge in [-0.05, 0) is 24.6 Å². The van der Waals surface area contributed by atoms with E-state index >= 15 is 0 Å². The van der Waals surface area contributed by atoms with Crippen LogP contribution in [-0.2, 0) is 4.79 Å². The summed E-state index contributed by atoms with van der Waals surface area (Å²) in [6.45, 7) is 1.21. The third-order valence-corrected chi connectivity index (χ3v) is 3.53. The monoisotopic (exact) mass is 324 g/mol. The minimum Gasteiger partial charge on any atom is -0.484 e. The van der Waals surface area contributed by atoms with Crippen molar-refractivity contribution in [1.82, 2.24) is 4.90 Å². The topological polar surface area (TPSA) is 85.8 Å². The van der Waals surface area contributed by atoms with E-state index in [1.165, 1.54) is 6.07 Å². The Labute approximate surface area is 133 Å².